The third-order valence-corrected chi connectivity index (χ3v) is 14.3. The van der Waals surface area contributed by atoms with Crippen molar-refractivity contribution in [3.05, 3.63) is 168 Å². The summed E-state index contributed by atoms with van der Waals surface area (Å²) in [4.78, 5) is 64.8. The number of ketones is 1. The van der Waals surface area contributed by atoms with E-state index in [2.05, 4.69) is 49.3 Å². The van der Waals surface area contributed by atoms with Crippen molar-refractivity contribution in [3.8, 4) is 0 Å². The maximum Gasteiger partial charge on any atom is 2.00 e. The van der Waals surface area contributed by atoms with Crippen LogP contribution in [-0.4, -0.2) is 121 Å². The quantitative estimate of drug-likeness (QED) is 0.0739. The molecule has 14 rings (SSSR count). The molecule has 0 spiro atoms. The second-order valence-electron chi connectivity index (χ2n) is 18.1. The van der Waals surface area contributed by atoms with Gasteiger partial charge in [0.15, 0.2) is 11.4 Å². The Balaban J connectivity index is 0.000000208. The summed E-state index contributed by atoms with van der Waals surface area (Å²) in [5.74, 6) is 1.26. The van der Waals surface area contributed by atoms with E-state index < -0.39 is 0 Å². The summed E-state index contributed by atoms with van der Waals surface area (Å²) in [6.07, 6.45) is 17.7. The summed E-state index contributed by atoms with van der Waals surface area (Å²) in [6, 6.07) is 25.1. The number of amides is 1. The van der Waals surface area contributed by atoms with E-state index in [0.717, 1.165) is 61.3 Å². The Morgan fingerprint density at radius 2 is 1.11 bits per heavy atom. The van der Waals surface area contributed by atoms with Gasteiger partial charge in [-0.25, -0.2) is 14.4 Å². The number of halogens is 3. The minimum Gasteiger partial charge on any atom is -1.00 e. The number of hydrogen-bond donors (Lipinski definition) is 0. The van der Waals surface area contributed by atoms with Gasteiger partial charge in [-0.05, 0) is 120 Å². The van der Waals surface area contributed by atoms with E-state index in [-0.39, 0.29) is 110 Å². The van der Waals surface area contributed by atoms with Crippen LogP contribution < -0.4 is 41.5 Å². The number of carbonyl (C=O) groups excluding carboxylic acids is 2. The average Bonchev–Trinajstić information content (AvgIpc) is 3.97. The first kappa shape index (κ1) is 60.1. The predicted octanol–water partition coefficient (Wildman–Crippen LogP) is 0.249. The van der Waals surface area contributed by atoms with Crippen LogP contribution in [0.3, 0.4) is 0 Å². The van der Waals surface area contributed by atoms with Crippen molar-refractivity contribution in [2.24, 2.45) is 33.0 Å². The molecule has 0 saturated heterocycles. The van der Waals surface area contributed by atoms with Crippen LogP contribution in [0.5, 0.6) is 0 Å². The molecular formula is C51H53Cl2IMg2N10O6. The van der Waals surface area contributed by atoms with E-state index in [1.54, 1.807) is 92.6 Å². The van der Waals surface area contributed by atoms with Gasteiger partial charge in [0.05, 0.1) is 30.6 Å². The molecule has 6 aliphatic rings. The van der Waals surface area contributed by atoms with Crippen molar-refractivity contribution >= 4 is 113 Å². The Hall–Kier alpha value is -4.49. The summed E-state index contributed by atoms with van der Waals surface area (Å²) in [5.41, 5.74) is 1.46. The number of benzene rings is 3. The van der Waals surface area contributed by atoms with Gasteiger partial charge in [0.1, 0.15) is 0 Å². The molecule has 3 aromatic carbocycles. The minimum atomic E-state index is -0.264. The fourth-order valence-electron chi connectivity index (χ4n) is 9.13. The maximum atomic E-state index is 12.9. The number of hydroxylamine groups is 2. The Morgan fingerprint density at radius 3 is 1.62 bits per heavy atom. The first-order valence-corrected chi connectivity index (χ1v) is 23.4. The largest absolute Gasteiger partial charge is 2.00 e. The van der Waals surface area contributed by atoms with Crippen LogP contribution >= 0.6 is 22.6 Å². The third kappa shape index (κ3) is 11.9. The summed E-state index contributed by atoms with van der Waals surface area (Å²) in [5, 5.41) is 22.0. The Kier molecular flexibility index (Phi) is 21.0. The molecule has 72 heavy (non-hydrogen) atoms. The normalized spacial score (nSPS) is 18.8. The first-order valence-electron chi connectivity index (χ1n) is 22.4. The molecule has 6 fully saturated rings. The fourth-order valence-corrected chi connectivity index (χ4v) is 9.81. The van der Waals surface area contributed by atoms with Crippen LogP contribution in [0.1, 0.15) is 78.9 Å². The molecule has 0 atom stereocenters. The van der Waals surface area contributed by atoms with E-state index in [9.17, 15) is 24.0 Å². The van der Waals surface area contributed by atoms with Crippen LogP contribution in [0.25, 0.3) is 32.3 Å². The Labute approximate surface area is 475 Å². The van der Waals surface area contributed by atoms with Crippen molar-refractivity contribution < 1.29 is 39.2 Å². The molecule has 5 aromatic heterocycles. The van der Waals surface area contributed by atoms with Crippen LogP contribution in [0.4, 0.5) is 0 Å². The van der Waals surface area contributed by atoms with Crippen molar-refractivity contribution in [1.29, 1.82) is 0 Å². The molecule has 0 radical (unpaired) electrons. The summed E-state index contributed by atoms with van der Waals surface area (Å²) < 4.78 is 9.51. The van der Waals surface area contributed by atoms with Gasteiger partial charge in [0, 0.05) is 65.9 Å². The average molecular weight is 1150 g/mol. The Bertz CT molecular complexity index is 3360. The van der Waals surface area contributed by atoms with E-state index >= 15 is 0 Å². The number of pyridine rings is 3. The number of aryl methyl sites for hydroxylation is 3. The molecule has 368 valence electrons. The molecule has 0 unspecified atom stereocenters. The second-order valence-corrected chi connectivity index (χ2v) is 19.2. The molecular weight excluding hydrogens is 1100 g/mol. The summed E-state index contributed by atoms with van der Waals surface area (Å²) in [6.45, 7) is 4.00. The summed E-state index contributed by atoms with van der Waals surface area (Å²) >= 11 is 2.24. The molecule has 16 nitrogen and oxygen atoms in total. The number of fused-ring (bicyclic) bond motifs is 3. The minimum absolute atomic E-state index is 0. The van der Waals surface area contributed by atoms with Gasteiger partial charge < -0.3 is 44.9 Å². The van der Waals surface area contributed by atoms with Gasteiger partial charge >= 0.3 is 46.1 Å². The topological polar surface area (TPSA) is 174 Å². The molecule has 0 N–H and O–H groups in total. The van der Waals surface area contributed by atoms with E-state index in [0.29, 0.717) is 27.7 Å². The van der Waals surface area contributed by atoms with Gasteiger partial charge in [-0.15, -0.1) is 45.9 Å². The molecule has 8 aromatic rings. The van der Waals surface area contributed by atoms with Crippen LogP contribution in [0.15, 0.2) is 118 Å². The first-order chi connectivity index (χ1) is 32.6. The van der Waals surface area contributed by atoms with Gasteiger partial charge in [0.25, 0.3) is 17.0 Å². The molecule has 5 heterocycles. The predicted molar refractivity (Wildman–Crippen MR) is 279 cm³/mol. The number of aromatic nitrogens is 9. The zero-order chi connectivity index (χ0) is 48.5. The van der Waals surface area contributed by atoms with Gasteiger partial charge in [-0.1, -0.05) is 28.6 Å². The second kappa shape index (κ2) is 25.2. The number of hydrogen-bond acceptors (Lipinski definition) is 10. The molecule has 21 heteroatoms. The van der Waals surface area contributed by atoms with E-state index in [1.807, 2.05) is 78.2 Å². The Morgan fingerprint density at radius 1 is 0.667 bits per heavy atom. The maximum absolute atomic E-state index is 12.9. The van der Waals surface area contributed by atoms with Crippen molar-refractivity contribution in [2.45, 2.75) is 63.5 Å². The zero-order valence-electron chi connectivity index (χ0n) is 41.3. The SMILES string of the molecule is CON(C)C(=O)c1cn(C23CC(C2)C3)nn1.C[CH-]C.Cn1ccc2[c-]cccc2c1=O.Cn1ccc2c(C(=O)c3cn(C45CC(C4)C5)nn3)cccc2c1=O.Cn1ccc2c(I)cccc2c1=O.[Cl-].[Cl-].[Mg+2].[Mg+2]. The number of carbonyl (C=O) groups is 2. The molecule has 1 amide bonds. The molecule has 6 saturated carbocycles. The van der Waals surface area contributed by atoms with Gasteiger partial charge in [-0.3, -0.25) is 28.8 Å². The number of rotatable bonds is 6. The van der Waals surface area contributed by atoms with Gasteiger partial charge in [0.2, 0.25) is 11.3 Å². The molecule has 6 aliphatic carbocycles. The van der Waals surface area contributed by atoms with Gasteiger partial charge in [-0.2, -0.15) is 13.8 Å². The van der Waals surface area contributed by atoms with Crippen LogP contribution in [0, 0.1) is 27.9 Å². The van der Waals surface area contributed by atoms with Crippen molar-refractivity contribution in [3.63, 3.8) is 0 Å². The smallest absolute Gasteiger partial charge is 1.00 e. The number of nitrogens with zero attached hydrogens (tertiary/aromatic N) is 10. The standard InChI is InChI=1S/C18H16N4O2.C10H8INO.C10H14N4O2.C10H8NO.C3H7.2ClH.2Mg/c1-21-6-5-12-13(3-2-4-14(12)17(21)24)16(23)15-10-22(20-19-15)18-7-11(8-18)9-18;1-12-6-5-7-8(10(12)13)3-2-4-9(7)11;1-13(16-2)9(15)8-6-14(12-11-8)10-3-7(4-10)5-10;1-11-7-6-8-4-2-3-5-9(8)10(11)12;1-3-2;;;;/h2-6,10-11H,7-9H2,1H3;2-6H,1H3;6-7H,3-5H2,1-2H3;2-3,5-7H,1H3;3H,1-2H3;2*1H;;/q;;;2*-1;;;2*+2/p-2. The zero-order valence-corrected chi connectivity index (χ0v) is 47.8. The van der Waals surface area contributed by atoms with E-state index in [1.165, 1.54) is 30.9 Å². The van der Waals surface area contributed by atoms with Crippen molar-refractivity contribution in [2.75, 3.05) is 14.2 Å². The van der Waals surface area contributed by atoms with Crippen LogP contribution in [0.2, 0.25) is 0 Å². The van der Waals surface area contributed by atoms with E-state index in [4.69, 9.17) is 4.84 Å². The van der Waals surface area contributed by atoms with Crippen LogP contribution in [-0.2, 0) is 37.1 Å². The molecule has 0 aliphatic heterocycles. The molecule has 4 bridgehead atoms. The third-order valence-electron chi connectivity index (χ3n) is 13.3. The fraction of sp³-hybridized carbons (Fsp3) is 0.333. The summed E-state index contributed by atoms with van der Waals surface area (Å²) in [7, 11) is 8.22. The van der Waals surface area contributed by atoms with Crippen molar-refractivity contribution in [1.82, 2.24) is 48.8 Å². The monoisotopic (exact) mass is 1150 g/mol.